The van der Waals surface area contributed by atoms with Gasteiger partial charge in [0, 0.05) is 6.54 Å². The minimum Gasteiger partial charge on any atom is -0.481 e. The predicted octanol–water partition coefficient (Wildman–Crippen LogP) is 1.94. The molecule has 118 valence electrons. The van der Waals surface area contributed by atoms with Crippen LogP contribution < -0.4 is 15.2 Å². The number of ether oxygens (including phenoxy) is 1. The molecule has 0 aromatic heterocycles. The van der Waals surface area contributed by atoms with Crippen molar-refractivity contribution in [3.63, 3.8) is 0 Å². The molecule has 0 heterocycles. The minimum absolute atomic E-state index is 0.0344. The molecule has 1 amide bonds. The van der Waals surface area contributed by atoms with Crippen molar-refractivity contribution < 1.29 is 17.9 Å². The van der Waals surface area contributed by atoms with Crippen LogP contribution in [0.1, 0.15) is 19.8 Å². The van der Waals surface area contributed by atoms with E-state index in [-0.39, 0.29) is 33.2 Å². The van der Waals surface area contributed by atoms with Gasteiger partial charge < -0.3 is 10.1 Å². The summed E-state index contributed by atoms with van der Waals surface area (Å²) in [5.41, 5.74) is 0. The molecule has 1 rings (SSSR count). The smallest absolute Gasteiger partial charge is 0.257 e. The number of hydrogen-bond acceptors (Lipinski definition) is 4. The summed E-state index contributed by atoms with van der Waals surface area (Å²) >= 11 is 11.8. The van der Waals surface area contributed by atoms with Gasteiger partial charge in [0.25, 0.3) is 5.91 Å². The maximum atomic E-state index is 11.5. The summed E-state index contributed by atoms with van der Waals surface area (Å²) in [4.78, 5) is 11.3. The van der Waals surface area contributed by atoms with Crippen LogP contribution in [0.15, 0.2) is 17.0 Å². The molecule has 0 saturated carbocycles. The molecule has 1 aromatic rings. The molecule has 0 aliphatic rings. The summed E-state index contributed by atoms with van der Waals surface area (Å²) in [7, 11) is -3.91. The zero-order valence-corrected chi connectivity index (χ0v) is 13.7. The monoisotopic (exact) mass is 354 g/mol. The summed E-state index contributed by atoms with van der Waals surface area (Å²) < 4.78 is 27.7. The molecule has 0 radical (unpaired) electrons. The molecular formula is C12H16Cl2N2O4S. The Morgan fingerprint density at radius 2 is 1.90 bits per heavy atom. The number of carbonyl (C=O) groups is 1. The van der Waals surface area contributed by atoms with Gasteiger partial charge in [-0.2, -0.15) is 0 Å². The zero-order valence-electron chi connectivity index (χ0n) is 11.4. The number of benzene rings is 1. The number of rotatable bonds is 7. The van der Waals surface area contributed by atoms with E-state index in [1.807, 2.05) is 6.92 Å². The van der Waals surface area contributed by atoms with Gasteiger partial charge >= 0.3 is 0 Å². The number of unbranched alkanes of at least 4 members (excludes halogenated alkanes) is 1. The Hall–Kier alpha value is -1.02. The molecule has 0 fully saturated rings. The molecule has 3 N–H and O–H groups in total. The number of nitrogens with one attached hydrogen (secondary N) is 1. The molecule has 0 saturated heterocycles. The first-order chi connectivity index (χ1) is 9.75. The molecule has 0 aliphatic heterocycles. The van der Waals surface area contributed by atoms with Crippen LogP contribution in [0.4, 0.5) is 0 Å². The van der Waals surface area contributed by atoms with Crippen molar-refractivity contribution in [2.75, 3.05) is 13.2 Å². The number of halogens is 2. The van der Waals surface area contributed by atoms with Crippen molar-refractivity contribution in [2.24, 2.45) is 5.14 Å². The number of carbonyl (C=O) groups excluding carboxylic acids is 1. The Morgan fingerprint density at radius 1 is 1.33 bits per heavy atom. The van der Waals surface area contributed by atoms with Crippen molar-refractivity contribution in [3.8, 4) is 5.75 Å². The van der Waals surface area contributed by atoms with E-state index in [1.165, 1.54) is 0 Å². The Labute approximate surface area is 133 Å². The Morgan fingerprint density at radius 3 is 2.38 bits per heavy atom. The van der Waals surface area contributed by atoms with E-state index < -0.39 is 10.0 Å². The lowest BCUT2D eigenvalue weighted by atomic mass is 10.3. The van der Waals surface area contributed by atoms with E-state index in [1.54, 1.807) is 0 Å². The largest absolute Gasteiger partial charge is 0.481 e. The standard InChI is InChI=1S/C12H16Cl2N2O4S/c1-2-3-4-16-11(17)7-20-12-9(13)5-8(6-10(12)14)21(15,18)19/h5-6H,2-4,7H2,1H3,(H,16,17)(H2,15,18,19). The molecule has 0 aliphatic carbocycles. The minimum atomic E-state index is -3.91. The van der Waals surface area contributed by atoms with E-state index in [0.29, 0.717) is 6.54 Å². The second kappa shape index (κ2) is 7.84. The zero-order chi connectivity index (χ0) is 16.0. The topological polar surface area (TPSA) is 98.5 Å². The number of amides is 1. The Balaban J connectivity index is 2.75. The summed E-state index contributed by atoms with van der Waals surface area (Å²) in [5, 5.41) is 7.58. The average Bonchev–Trinajstić information content (AvgIpc) is 2.36. The lowest BCUT2D eigenvalue weighted by Crippen LogP contribution is -2.29. The van der Waals surface area contributed by atoms with Crippen molar-refractivity contribution in [1.82, 2.24) is 5.32 Å². The summed E-state index contributed by atoms with van der Waals surface area (Å²) in [6.07, 6.45) is 1.84. The molecule has 6 nitrogen and oxygen atoms in total. The fourth-order valence-electron chi connectivity index (χ4n) is 1.43. The van der Waals surface area contributed by atoms with Crippen molar-refractivity contribution in [2.45, 2.75) is 24.7 Å². The third kappa shape index (κ3) is 5.70. The van der Waals surface area contributed by atoms with Gasteiger partial charge in [-0.05, 0) is 18.6 Å². The normalized spacial score (nSPS) is 11.2. The average molecular weight is 355 g/mol. The predicted molar refractivity (Wildman–Crippen MR) is 81.2 cm³/mol. The first-order valence-corrected chi connectivity index (χ1v) is 8.47. The highest BCUT2D eigenvalue weighted by Gasteiger charge is 2.16. The maximum absolute atomic E-state index is 11.5. The van der Waals surface area contributed by atoms with Crippen LogP contribution in [0.2, 0.25) is 10.0 Å². The summed E-state index contributed by atoms with van der Waals surface area (Å²) in [6.45, 7) is 2.30. The summed E-state index contributed by atoms with van der Waals surface area (Å²) in [6, 6.07) is 2.24. The van der Waals surface area contributed by atoms with Crippen LogP contribution in [0.3, 0.4) is 0 Å². The molecule has 9 heteroatoms. The van der Waals surface area contributed by atoms with Gasteiger partial charge in [0.1, 0.15) is 0 Å². The highest BCUT2D eigenvalue weighted by molar-refractivity contribution is 7.89. The van der Waals surface area contributed by atoms with Gasteiger partial charge in [-0.1, -0.05) is 36.5 Å². The second-order valence-corrected chi connectivity index (χ2v) is 6.63. The fraction of sp³-hybridized carbons (Fsp3) is 0.417. The van der Waals surface area contributed by atoms with Gasteiger partial charge in [0.05, 0.1) is 14.9 Å². The molecule has 0 atom stereocenters. The van der Waals surface area contributed by atoms with Gasteiger partial charge in [-0.25, -0.2) is 13.6 Å². The highest BCUT2D eigenvalue weighted by Crippen LogP contribution is 2.35. The third-order valence-corrected chi connectivity index (χ3v) is 3.95. The number of nitrogens with two attached hydrogens (primary N) is 1. The molecule has 0 spiro atoms. The molecule has 0 bridgehead atoms. The van der Waals surface area contributed by atoms with Crippen LogP contribution in [0, 0.1) is 0 Å². The Bertz CT molecular complexity index is 597. The van der Waals surface area contributed by atoms with Crippen molar-refractivity contribution in [3.05, 3.63) is 22.2 Å². The van der Waals surface area contributed by atoms with Crippen LogP contribution >= 0.6 is 23.2 Å². The second-order valence-electron chi connectivity index (χ2n) is 4.25. The SMILES string of the molecule is CCCCNC(=O)COc1c(Cl)cc(S(N)(=O)=O)cc1Cl. The van der Waals surface area contributed by atoms with E-state index in [4.69, 9.17) is 33.1 Å². The fourth-order valence-corrected chi connectivity index (χ4v) is 2.72. The number of primary sulfonamides is 1. The third-order valence-electron chi connectivity index (χ3n) is 2.50. The van der Waals surface area contributed by atoms with Gasteiger partial charge in [0.15, 0.2) is 12.4 Å². The number of sulfonamides is 1. The van der Waals surface area contributed by atoms with Crippen LogP contribution in [-0.4, -0.2) is 27.5 Å². The van der Waals surface area contributed by atoms with Crippen LogP contribution in [-0.2, 0) is 14.8 Å². The first-order valence-electron chi connectivity index (χ1n) is 6.17. The van der Waals surface area contributed by atoms with E-state index in [9.17, 15) is 13.2 Å². The first kappa shape index (κ1) is 18.0. The quantitative estimate of drug-likeness (QED) is 0.730. The van der Waals surface area contributed by atoms with E-state index in [0.717, 1.165) is 25.0 Å². The molecular weight excluding hydrogens is 339 g/mol. The van der Waals surface area contributed by atoms with Gasteiger partial charge in [-0.15, -0.1) is 0 Å². The number of hydrogen-bond donors (Lipinski definition) is 2. The van der Waals surface area contributed by atoms with E-state index >= 15 is 0 Å². The molecule has 1 aromatic carbocycles. The van der Waals surface area contributed by atoms with Crippen LogP contribution in [0.25, 0.3) is 0 Å². The molecule has 0 unspecified atom stereocenters. The van der Waals surface area contributed by atoms with E-state index in [2.05, 4.69) is 5.32 Å². The van der Waals surface area contributed by atoms with Crippen molar-refractivity contribution >= 4 is 39.1 Å². The van der Waals surface area contributed by atoms with Crippen molar-refractivity contribution in [1.29, 1.82) is 0 Å². The van der Waals surface area contributed by atoms with Crippen LogP contribution in [0.5, 0.6) is 5.75 Å². The highest BCUT2D eigenvalue weighted by atomic mass is 35.5. The Kier molecular flexibility index (Phi) is 6.73. The summed E-state index contributed by atoms with van der Waals surface area (Å²) in [5.74, 6) is -0.275. The van der Waals surface area contributed by atoms with Gasteiger partial charge in [0.2, 0.25) is 10.0 Å². The lowest BCUT2D eigenvalue weighted by Gasteiger charge is -2.11. The molecule has 21 heavy (non-hydrogen) atoms. The maximum Gasteiger partial charge on any atom is 0.257 e. The van der Waals surface area contributed by atoms with Gasteiger partial charge in [-0.3, -0.25) is 4.79 Å². The lowest BCUT2D eigenvalue weighted by molar-refractivity contribution is -0.123.